The molecule has 29 heavy (non-hydrogen) atoms. The predicted octanol–water partition coefficient (Wildman–Crippen LogP) is 6.27. The molecule has 0 bridgehead atoms. The molecule has 162 valence electrons. The molecule has 0 aliphatic rings. The minimum absolute atomic E-state index is 0.00817. The van der Waals surface area contributed by atoms with Gasteiger partial charge in [-0.05, 0) is 68.1 Å². The van der Waals surface area contributed by atoms with Crippen molar-refractivity contribution in [3.63, 3.8) is 0 Å². The third-order valence-electron chi connectivity index (χ3n) is 5.85. The Morgan fingerprint density at radius 1 is 1.28 bits per heavy atom. The van der Waals surface area contributed by atoms with Crippen LogP contribution in [0.15, 0.2) is 40.9 Å². The number of nitrogens with one attached hydrogen (secondary N) is 1. The zero-order valence-electron chi connectivity index (χ0n) is 18.4. The number of rotatable bonds is 13. The van der Waals surface area contributed by atoms with Crippen LogP contribution in [0.1, 0.15) is 58.9 Å². The average molecular weight is 424 g/mol. The van der Waals surface area contributed by atoms with Crippen LogP contribution in [0, 0.1) is 23.0 Å². The lowest BCUT2D eigenvalue weighted by Crippen LogP contribution is -2.25. The summed E-state index contributed by atoms with van der Waals surface area (Å²) < 4.78 is 32.1. The molecule has 0 aromatic heterocycles. The van der Waals surface area contributed by atoms with Crippen molar-refractivity contribution in [3.05, 3.63) is 53.6 Å². The second-order valence-corrected chi connectivity index (χ2v) is 8.40. The second kappa shape index (κ2) is 12.1. The largest absolute Gasteiger partial charge is 0.307 e. The van der Waals surface area contributed by atoms with Crippen LogP contribution in [0.3, 0.4) is 0 Å². The summed E-state index contributed by atoms with van der Waals surface area (Å²) in [5, 5.41) is 0. The summed E-state index contributed by atoms with van der Waals surface area (Å²) >= 11 is 4.64. The highest BCUT2D eigenvalue weighted by atomic mass is 32.1. The maximum atomic E-state index is 14.3. The van der Waals surface area contributed by atoms with Crippen molar-refractivity contribution in [2.75, 3.05) is 20.1 Å². The number of nitrogens with zero attached hydrogens (tertiary/aromatic N) is 2. The van der Waals surface area contributed by atoms with E-state index in [1.165, 1.54) is 18.2 Å². The summed E-state index contributed by atoms with van der Waals surface area (Å²) in [6.07, 6.45) is 5.80. The molecule has 1 rings (SSSR count). The fourth-order valence-corrected chi connectivity index (χ4v) is 3.56. The number of allylic oxidation sites excluding steroid dienone is 2. The summed E-state index contributed by atoms with van der Waals surface area (Å²) in [7, 11) is 2.12. The molecule has 3 nitrogen and oxygen atoms in total. The number of hydrogen-bond acceptors (Lipinski definition) is 3. The van der Waals surface area contributed by atoms with Gasteiger partial charge in [-0.15, -0.1) is 4.47 Å². The third-order valence-corrected chi connectivity index (χ3v) is 5.94. The van der Waals surface area contributed by atoms with Crippen LogP contribution in [-0.4, -0.2) is 25.0 Å². The Bertz CT molecular complexity index is 696. The molecule has 0 saturated carbocycles. The van der Waals surface area contributed by atoms with E-state index in [1.54, 1.807) is 6.08 Å². The first-order chi connectivity index (χ1) is 13.7. The van der Waals surface area contributed by atoms with Gasteiger partial charge >= 0.3 is 0 Å². The van der Waals surface area contributed by atoms with Crippen LogP contribution >= 0.6 is 0 Å². The Hall–Kier alpha value is -1.66. The molecule has 0 saturated heterocycles. The highest BCUT2D eigenvalue weighted by Crippen LogP contribution is 2.39. The van der Waals surface area contributed by atoms with E-state index < -0.39 is 11.6 Å². The topological polar surface area (TPSA) is 27.6 Å². The van der Waals surface area contributed by atoms with Gasteiger partial charge in [0.25, 0.3) is 0 Å². The van der Waals surface area contributed by atoms with E-state index in [2.05, 4.69) is 68.5 Å². The predicted molar refractivity (Wildman–Crippen MR) is 121 cm³/mol. The Labute approximate surface area is 180 Å². The van der Waals surface area contributed by atoms with E-state index in [9.17, 15) is 8.78 Å². The van der Waals surface area contributed by atoms with E-state index in [1.807, 2.05) is 0 Å². The second-order valence-electron chi connectivity index (χ2n) is 8.22. The molecule has 1 aromatic rings. The van der Waals surface area contributed by atoms with Gasteiger partial charge in [0, 0.05) is 0 Å². The maximum Gasteiger partial charge on any atom is 0.135 e. The molecule has 0 radical (unpaired) electrons. The molecule has 1 aromatic carbocycles. The quantitative estimate of drug-likeness (QED) is 0.230. The Morgan fingerprint density at radius 2 is 1.90 bits per heavy atom. The highest BCUT2D eigenvalue weighted by molar-refractivity contribution is 7.47. The number of halogens is 2. The Balaban J connectivity index is 3.13. The molecular formula is C23H35F2N3S. The van der Waals surface area contributed by atoms with Gasteiger partial charge in [-0.25, -0.2) is 8.78 Å². The smallest absolute Gasteiger partial charge is 0.135 e. The maximum absolute atomic E-state index is 14.3. The van der Waals surface area contributed by atoms with Gasteiger partial charge in [-0.1, -0.05) is 53.2 Å². The SMILES string of the molecule is C=C(/C=C(\NN=S)c1c(F)cccc1F)[C@H](CCCCN(C)CC)C(C)(C)CC. The molecule has 0 spiro atoms. The van der Waals surface area contributed by atoms with Gasteiger partial charge in [-0.2, -0.15) is 0 Å². The van der Waals surface area contributed by atoms with E-state index in [0.29, 0.717) is 0 Å². The first-order valence-electron chi connectivity index (χ1n) is 10.3. The van der Waals surface area contributed by atoms with Crippen LogP contribution in [0.5, 0.6) is 0 Å². The minimum Gasteiger partial charge on any atom is -0.307 e. The lowest BCUT2D eigenvalue weighted by molar-refractivity contribution is 0.221. The molecule has 0 aliphatic carbocycles. The van der Waals surface area contributed by atoms with Crippen molar-refractivity contribution in [3.8, 4) is 0 Å². The van der Waals surface area contributed by atoms with Gasteiger partial charge in [0.2, 0.25) is 0 Å². The molecule has 6 heteroatoms. The van der Waals surface area contributed by atoms with Crippen molar-refractivity contribution in [1.82, 2.24) is 10.3 Å². The lowest BCUT2D eigenvalue weighted by Gasteiger charge is -2.35. The Kier molecular flexibility index (Phi) is 10.6. The molecule has 0 unspecified atom stereocenters. The van der Waals surface area contributed by atoms with E-state index >= 15 is 0 Å². The summed E-state index contributed by atoms with van der Waals surface area (Å²) in [6, 6.07) is 3.78. The summed E-state index contributed by atoms with van der Waals surface area (Å²) in [4.78, 5) is 2.29. The minimum atomic E-state index is -0.663. The first kappa shape index (κ1) is 25.4. The van der Waals surface area contributed by atoms with Gasteiger partial charge in [0.05, 0.1) is 23.7 Å². The number of hydrogen-bond donors (Lipinski definition) is 1. The van der Waals surface area contributed by atoms with Crippen molar-refractivity contribution in [2.45, 2.75) is 53.4 Å². The van der Waals surface area contributed by atoms with Gasteiger partial charge < -0.3 is 4.90 Å². The number of unbranched alkanes of at least 4 members (excludes halogenated alkanes) is 1. The average Bonchev–Trinajstić information content (AvgIpc) is 2.67. The molecule has 1 atom stereocenters. The van der Waals surface area contributed by atoms with Gasteiger partial charge in [0.15, 0.2) is 0 Å². The molecular weight excluding hydrogens is 388 g/mol. The standard InChI is InChI=1S/C23H35F2N3S/c1-7-23(4,5)18(12-9-10-15-28(6)8-2)17(3)16-21(26-27-29)22-19(24)13-11-14-20(22)25/h11,13-14,16,18H,3,7-10,12,15H2,1-2,4-6H3,(H,26,29)/b21-16-/t18-/m0/s1. The third kappa shape index (κ3) is 7.59. The van der Waals surface area contributed by atoms with Crippen LogP contribution in [0.2, 0.25) is 0 Å². The van der Waals surface area contributed by atoms with Crippen molar-refractivity contribution < 1.29 is 8.78 Å². The molecule has 0 aliphatic heterocycles. The monoisotopic (exact) mass is 423 g/mol. The van der Waals surface area contributed by atoms with Crippen LogP contribution in [0.25, 0.3) is 5.70 Å². The van der Waals surface area contributed by atoms with E-state index in [0.717, 1.165) is 44.3 Å². The van der Waals surface area contributed by atoms with Crippen molar-refractivity contribution >= 4 is 18.1 Å². The zero-order chi connectivity index (χ0) is 22.0. The first-order valence-corrected chi connectivity index (χ1v) is 10.7. The highest BCUT2D eigenvalue weighted by Gasteiger charge is 2.29. The van der Waals surface area contributed by atoms with E-state index in [-0.39, 0.29) is 22.6 Å². The zero-order valence-corrected chi connectivity index (χ0v) is 19.2. The fraction of sp³-hybridized carbons (Fsp3) is 0.565. The molecule has 0 fully saturated rings. The molecule has 0 amide bonds. The lowest BCUT2D eigenvalue weighted by atomic mass is 9.70. The van der Waals surface area contributed by atoms with Crippen LogP contribution in [0.4, 0.5) is 8.78 Å². The van der Waals surface area contributed by atoms with Gasteiger partial charge in [-0.3, -0.25) is 5.43 Å². The van der Waals surface area contributed by atoms with E-state index in [4.69, 9.17) is 0 Å². The molecule has 0 heterocycles. The van der Waals surface area contributed by atoms with Crippen LogP contribution in [-0.2, 0) is 12.4 Å². The number of benzene rings is 1. The van der Waals surface area contributed by atoms with Crippen molar-refractivity contribution in [1.29, 1.82) is 0 Å². The normalized spacial score (nSPS) is 13.4. The summed E-state index contributed by atoms with van der Waals surface area (Å²) in [5.74, 6) is -1.15. The van der Waals surface area contributed by atoms with Crippen LogP contribution < -0.4 is 5.43 Å². The summed E-state index contributed by atoms with van der Waals surface area (Å²) in [6.45, 7) is 15.1. The fourth-order valence-electron chi connectivity index (χ4n) is 3.46. The Morgan fingerprint density at radius 3 is 2.41 bits per heavy atom. The molecule has 1 N–H and O–H groups in total. The van der Waals surface area contributed by atoms with Gasteiger partial charge in [0.1, 0.15) is 11.6 Å². The van der Waals surface area contributed by atoms with Crippen molar-refractivity contribution in [2.24, 2.45) is 15.8 Å². The summed E-state index contributed by atoms with van der Waals surface area (Å²) in [5.41, 5.74) is 3.44.